The molecule has 0 spiro atoms. The molecule has 0 aliphatic rings. The van der Waals surface area contributed by atoms with Crippen LogP contribution >= 0.6 is 23.4 Å². The third kappa shape index (κ3) is 8.09. The summed E-state index contributed by atoms with van der Waals surface area (Å²) in [5.41, 5.74) is 3.35. The fourth-order valence-electron chi connectivity index (χ4n) is 4.03. The molecule has 3 amide bonds. The first-order valence-corrected chi connectivity index (χ1v) is 14.3. The van der Waals surface area contributed by atoms with Gasteiger partial charge in [0, 0.05) is 27.4 Å². The van der Waals surface area contributed by atoms with Crippen molar-refractivity contribution in [1.82, 2.24) is 5.32 Å². The summed E-state index contributed by atoms with van der Waals surface area (Å²) >= 11 is 7.52. The molecule has 4 aromatic carbocycles. The minimum absolute atomic E-state index is 0.0364. The van der Waals surface area contributed by atoms with E-state index in [0.717, 1.165) is 21.7 Å². The number of nitrogens with one attached hydrogen (secondary N) is 3. The number of carbonyl (C=O) groups excluding carboxylic acids is 3. The van der Waals surface area contributed by atoms with Gasteiger partial charge in [-0.25, -0.2) is 4.39 Å². The van der Waals surface area contributed by atoms with Crippen LogP contribution in [0.3, 0.4) is 0 Å². The van der Waals surface area contributed by atoms with E-state index < -0.39 is 22.9 Å². The molecule has 0 aliphatic carbocycles. The van der Waals surface area contributed by atoms with Gasteiger partial charge in [-0.3, -0.25) is 14.4 Å². The number of halogens is 2. The van der Waals surface area contributed by atoms with Gasteiger partial charge in [-0.05, 0) is 80.9 Å². The van der Waals surface area contributed by atoms with Crippen LogP contribution in [0.4, 0.5) is 15.8 Å². The highest BCUT2D eigenvalue weighted by atomic mass is 35.5. The molecule has 9 heteroatoms. The SMILES string of the molecule is Cc1ccc(NC(=O)C(C)Sc2cccc(NC(=O)/C(=C\c3c(F)cccc3Cl)NC(=O)c3ccccc3)c2)c(C)c1. The zero-order chi connectivity index (χ0) is 30.2. The van der Waals surface area contributed by atoms with Crippen molar-refractivity contribution in [2.75, 3.05) is 10.6 Å². The van der Waals surface area contributed by atoms with E-state index in [1.165, 1.54) is 36.0 Å². The summed E-state index contributed by atoms with van der Waals surface area (Å²) in [4.78, 5) is 39.9. The maximum Gasteiger partial charge on any atom is 0.272 e. The van der Waals surface area contributed by atoms with E-state index in [9.17, 15) is 18.8 Å². The van der Waals surface area contributed by atoms with Crippen LogP contribution in [0.15, 0.2) is 102 Å². The van der Waals surface area contributed by atoms with Gasteiger partial charge in [-0.1, -0.05) is 59.6 Å². The van der Waals surface area contributed by atoms with Crippen molar-refractivity contribution < 1.29 is 18.8 Å². The number of rotatable bonds is 9. The quantitative estimate of drug-likeness (QED) is 0.136. The Labute approximate surface area is 253 Å². The first-order valence-electron chi connectivity index (χ1n) is 13.1. The lowest BCUT2D eigenvalue weighted by atomic mass is 10.1. The predicted molar refractivity (Wildman–Crippen MR) is 168 cm³/mol. The molecule has 0 saturated heterocycles. The molecule has 0 bridgehead atoms. The molecule has 1 unspecified atom stereocenters. The van der Waals surface area contributed by atoms with E-state index in [2.05, 4.69) is 16.0 Å². The molecular formula is C33H29ClFN3O3S. The molecule has 6 nitrogen and oxygen atoms in total. The van der Waals surface area contributed by atoms with Crippen molar-refractivity contribution in [2.45, 2.75) is 30.9 Å². The number of anilines is 2. The number of aryl methyl sites for hydroxylation is 2. The Morgan fingerprint density at radius 2 is 1.62 bits per heavy atom. The standard InChI is InChI=1S/C33H29ClFN3O3S/c1-20-15-16-29(21(2)17-20)37-31(39)22(3)42-25-12-7-11-24(18-25)36-33(41)30(19-26-27(34)13-8-14-28(26)35)38-32(40)23-9-5-4-6-10-23/h4-19,22H,1-3H3,(H,36,41)(H,37,39)(H,38,40)/b30-19+. The van der Waals surface area contributed by atoms with Crippen LogP contribution in [0.25, 0.3) is 6.08 Å². The van der Waals surface area contributed by atoms with Crippen molar-refractivity contribution in [3.8, 4) is 0 Å². The summed E-state index contributed by atoms with van der Waals surface area (Å²) in [7, 11) is 0. The molecule has 1 atom stereocenters. The Hall–Kier alpha value is -4.40. The van der Waals surface area contributed by atoms with Gasteiger partial charge in [0.05, 0.1) is 10.3 Å². The molecule has 0 saturated carbocycles. The fraction of sp³-hybridized carbons (Fsp3) is 0.121. The number of hydrogen-bond donors (Lipinski definition) is 3. The monoisotopic (exact) mass is 601 g/mol. The molecule has 0 aromatic heterocycles. The molecular weight excluding hydrogens is 573 g/mol. The van der Waals surface area contributed by atoms with Gasteiger partial charge in [0.25, 0.3) is 11.8 Å². The molecule has 0 fully saturated rings. The lowest BCUT2D eigenvalue weighted by Crippen LogP contribution is -2.30. The second kappa shape index (κ2) is 14.0. The summed E-state index contributed by atoms with van der Waals surface area (Å²) < 4.78 is 14.6. The Morgan fingerprint density at radius 1 is 0.881 bits per heavy atom. The normalized spacial score (nSPS) is 11.9. The van der Waals surface area contributed by atoms with Crippen molar-refractivity contribution in [3.05, 3.63) is 130 Å². The highest BCUT2D eigenvalue weighted by molar-refractivity contribution is 8.00. The fourth-order valence-corrected chi connectivity index (χ4v) is 5.17. The predicted octanol–water partition coefficient (Wildman–Crippen LogP) is 7.62. The number of benzene rings is 4. The van der Waals surface area contributed by atoms with Gasteiger partial charge in [0.2, 0.25) is 5.91 Å². The number of thioether (sulfide) groups is 1. The van der Waals surface area contributed by atoms with Crippen LogP contribution in [0.5, 0.6) is 0 Å². The smallest absolute Gasteiger partial charge is 0.272 e. The van der Waals surface area contributed by atoms with Gasteiger partial charge in [-0.2, -0.15) is 0 Å². The van der Waals surface area contributed by atoms with Gasteiger partial charge < -0.3 is 16.0 Å². The molecule has 0 heterocycles. The van der Waals surface area contributed by atoms with E-state index in [-0.39, 0.29) is 22.2 Å². The summed E-state index contributed by atoms with van der Waals surface area (Å²) in [6.45, 7) is 5.73. The maximum atomic E-state index is 14.6. The van der Waals surface area contributed by atoms with Gasteiger partial charge in [0.1, 0.15) is 11.5 Å². The lowest BCUT2D eigenvalue weighted by molar-refractivity contribution is -0.115. The summed E-state index contributed by atoms with van der Waals surface area (Å²) in [5, 5.41) is 7.95. The number of hydrogen-bond acceptors (Lipinski definition) is 4. The van der Waals surface area contributed by atoms with E-state index in [1.807, 2.05) is 38.1 Å². The van der Waals surface area contributed by atoms with Crippen LogP contribution in [-0.2, 0) is 9.59 Å². The van der Waals surface area contributed by atoms with Crippen LogP contribution in [0.1, 0.15) is 34.0 Å². The topological polar surface area (TPSA) is 87.3 Å². The first kappa shape index (κ1) is 30.6. The Bertz CT molecular complexity index is 1640. The number of amides is 3. The molecule has 0 aliphatic heterocycles. The zero-order valence-corrected chi connectivity index (χ0v) is 24.8. The van der Waals surface area contributed by atoms with Crippen LogP contribution in [0.2, 0.25) is 5.02 Å². The van der Waals surface area contributed by atoms with E-state index >= 15 is 0 Å². The minimum Gasteiger partial charge on any atom is -0.325 e. The van der Waals surface area contributed by atoms with Crippen molar-refractivity contribution >= 4 is 58.5 Å². The van der Waals surface area contributed by atoms with Gasteiger partial charge in [0.15, 0.2) is 0 Å². The Morgan fingerprint density at radius 3 is 2.33 bits per heavy atom. The van der Waals surface area contributed by atoms with Crippen molar-refractivity contribution in [2.24, 2.45) is 0 Å². The van der Waals surface area contributed by atoms with Crippen LogP contribution in [0, 0.1) is 19.7 Å². The van der Waals surface area contributed by atoms with Crippen LogP contribution in [-0.4, -0.2) is 23.0 Å². The average Bonchev–Trinajstić information content (AvgIpc) is 2.96. The second-order valence-corrected chi connectivity index (χ2v) is 11.4. The molecule has 0 radical (unpaired) electrons. The average molecular weight is 602 g/mol. The van der Waals surface area contributed by atoms with Gasteiger partial charge >= 0.3 is 0 Å². The summed E-state index contributed by atoms with van der Waals surface area (Å²) in [6.07, 6.45) is 1.20. The molecule has 42 heavy (non-hydrogen) atoms. The third-order valence-corrected chi connectivity index (χ3v) is 7.65. The Kier molecular flexibility index (Phi) is 10.2. The van der Waals surface area contributed by atoms with Crippen LogP contribution < -0.4 is 16.0 Å². The highest BCUT2D eigenvalue weighted by Crippen LogP contribution is 2.28. The molecule has 214 valence electrons. The summed E-state index contributed by atoms with van der Waals surface area (Å²) in [5.74, 6) is -2.02. The minimum atomic E-state index is -0.679. The summed E-state index contributed by atoms with van der Waals surface area (Å²) in [6, 6.07) is 25.3. The second-order valence-electron chi connectivity index (χ2n) is 9.56. The maximum absolute atomic E-state index is 14.6. The molecule has 4 rings (SSSR count). The van der Waals surface area contributed by atoms with Crippen molar-refractivity contribution in [3.63, 3.8) is 0 Å². The highest BCUT2D eigenvalue weighted by Gasteiger charge is 2.19. The first-order chi connectivity index (χ1) is 20.1. The van der Waals surface area contributed by atoms with Gasteiger partial charge in [-0.15, -0.1) is 11.8 Å². The van der Waals surface area contributed by atoms with E-state index in [1.54, 1.807) is 55.5 Å². The van der Waals surface area contributed by atoms with E-state index in [4.69, 9.17) is 11.6 Å². The third-order valence-electron chi connectivity index (χ3n) is 6.23. The lowest BCUT2D eigenvalue weighted by Gasteiger charge is -2.15. The molecule has 3 N–H and O–H groups in total. The van der Waals surface area contributed by atoms with Crippen molar-refractivity contribution in [1.29, 1.82) is 0 Å². The largest absolute Gasteiger partial charge is 0.325 e. The molecule has 4 aromatic rings. The Balaban J connectivity index is 1.51. The van der Waals surface area contributed by atoms with E-state index in [0.29, 0.717) is 11.3 Å². The zero-order valence-electron chi connectivity index (χ0n) is 23.2. The number of carbonyl (C=O) groups is 3.